The van der Waals surface area contributed by atoms with Gasteiger partial charge in [-0.2, -0.15) is 33.3 Å². The zero-order chi connectivity index (χ0) is 41.1. The molecule has 0 heterocycles. The molecule has 0 saturated carbocycles. The van der Waals surface area contributed by atoms with Crippen LogP contribution in [0.4, 0.5) is 17.6 Å². The molecule has 0 amide bonds. The summed E-state index contributed by atoms with van der Waals surface area (Å²) < 4.78 is 66.7. The van der Waals surface area contributed by atoms with Crippen LogP contribution in [0.25, 0.3) is 0 Å². The first-order valence-electron chi connectivity index (χ1n) is 14.2. The first-order chi connectivity index (χ1) is 25.9. The van der Waals surface area contributed by atoms with Gasteiger partial charge in [0.1, 0.15) is 35.1 Å². The quantitative estimate of drug-likeness (QED) is 0.0395. The van der Waals surface area contributed by atoms with Crippen LogP contribution in [-0.4, -0.2) is 39.0 Å². The summed E-state index contributed by atoms with van der Waals surface area (Å²) in [7, 11) is 12.5. The van der Waals surface area contributed by atoms with Gasteiger partial charge in [-0.05, 0) is 84.9 Å². The van der Waals surface area contributed by atoms with Crippen molar-refractivity contribution in [3.8, 4) is 59.6 Å². The number of nitriles is 4. The number of hydrogen-bond acceptors (Lipinski definition) is 10. The van der Waals surface area contributed by atoms with Crippen molar-refractivity contribution < 1.29 is 62.0 Å². The molecule has 0 aliphatic rings. The van der Waals surface area contributed by atoms with E-state index in [-0.39, 0.29) is 57.3 Å². The molecule has 0 atom stereocenters. The fourth-order valence-electron chi connectivity index (χ4n) is 3.72. The van der Waals surface area contributed by atoms with Gasteiger partial charge in [0, 0.05) is 35.7 Å². The first kappa shape index (κ1) is 51.0. The Morgan fingerprint density at radius 3 is 1.42 bits per heavy atom. The van der Waals surface area contributed by atoms with E-state index in [9.17, 15) is 27.2 Å². The third kappa shape index (κ3) is 19.0. The molecule has 0 radical (unpaired) electrons. The second-order valence-corrected chi connectivity index (χ2v) is 11.4. The maximum absolute atomic E-state index is 12.2. The fraction of sp³-hybridized carbons (Fsp3) is 0.132. The minimum atomic E-state index is -2.98. The number of methoxy groups -OCH3 is 2. The van der Waals surface area contributed by atoms with Crippen molar-refractivity contribution in [1.82, 2.24) is 0 Å². The fourth-order valence-corrected chi connectivity index (χ4v) is 3.72. The van der Waals surface area contributed by atoms with E-state index in [0.29, 0.717) is 22.4 Å². The Morgan fingerprint density at radius 1 is 0.655 bits per heavy atom. The van der Waals surface area contributed by atoms with E-state index in [1.165, 1.54) is 75.7 Å². The number of ether oxygens (including phenoxy) is 4. The van der Waals surface area contributed by atoms with E-state index < -0.39 is 24.8 Å². The Kier molecular flexibility index (Phi) is 27.2. The zero-order valence-corrected chi connectivity index (χ0v) is 32.2. The summed E-state index contributed by atoms with van der Waals surface area (Å²) in [6.07, 6.45) is 0. The Labute approximate surface area is 332 Å². The molecule has 0 spiro atoms. The molecular weight excluding hydrogens is 862 g/mol. The van der Waals surface area contributed by atoms with E-state index >= 15 is 0 Å². The number of ketones is 2. The number of hydrogen-bond donors (Lipinski definition) is 0. The molecule has 0 aromatic heterocycles. The molecule has 0 N–H and O–H groups in total. The van der Waals surface area contributed by atoms with E-state index in [1.54, 1.807) is 36.4 Å². The molecule has 17 heteroatoms. The summed E-state index contributed by atoms with van der Waals surface area (Å²) in [5, 5.41) is 31.8. The Morgan fingerprint density at radius 2 is 1.00 bits per heavy atom. The van der Waals surface area contributed by atoms with Crippen LogP contribution in [0, 0.1) is 65.1 Å². The van der Waals surface area contributed by atoms with Gasteiger partial charge in [0.25, 0.3) is 0 Å². The second kappa shape index (κ2) is 29.4. The second-order valence-electron chi connectivity index (χ2n) is 9.04. The van der Waals surface area contributed by atoms with Gasteiger partial charge < -0.3 is 26.4 Å². The zero-order valence-electron chi connectivity index (χ0n) is 29.1. The number of Topliss-reactive ketones (excluding diaryl/α,β-unsaturated/α-hetero) is 2. The van der Waals surface area contributed by atoms with Gasteiger partial charge in [0.05, 0.1) is 31.4 Å². The summed E-state index contributed by atoms with van der Waals surface area (Å²) in [6.45, 7) is -0.891. The van der Waals surface area contributed by atoms with Crippen LogP contribution in [0.2, 0.25) is 0 Å². The molecule has 4 aromatic rings. The monoisotopic (exact) mass is 889 g/mol. The average Bonchev–Trinajstić information content (AvgIpc) is 3.18. The molecule has 290 valence electrons. The van der Waals surface area contributed by atoms with Gasteiger partial charge in [0.2, 0.25) is 11.6 Å². The van der Waals surface area contributed by atoms with Crippen LogP contribution in [0.3, 0.4) is 0 Å². The molecule has 0 unspecified atom stereocenters. The Balaban J connectivity index is 0. The maximum atomic E-state index is 12.2. The predicted octanol–water partition coefficient (Wildman–Crippen LogP) is 9.30. The number of alkyl halides is 4. The number of nitrogens with zero attached hydrogens (tertiary/aromatic N) is 4. The van der Waals surface area contributed by atoms with Crippen molar-refractivity contribution in [1.29, 1.82) is 21.0 Å². The molecule has 0 bridgehead atoms. The SMILES string of the molecule is C#N.CC#N.COc1ccc(C#Cc2ccc(OC(F)F)cc2)cc1C#N.COc1ccc(C(=O)C(=O)c2ccc(OC(F)F)cc2)cc1C#N.[CH3-].[Cl][Pd][Cl]. The van der Waals surface area contributed by atoms with Crippen LogP contribution < -0.4 is 18.9 Å². The number of benzene rings is 4. The number of halogens is 6. The van der Waals surface area contributed by atoms with Gasteiger partial charge >= 0.3 is 48.2 Å². The number of carbonyl (C=O) groups is 2. The summed E-state index contributed by atoms with van der Waals surface area (Å²) in [5.74, 6) is 4.87. The Hall–Kier alpha value is -6.10. The molecule has 0 aliphatic carbocycles. The molecule has 0 aliphatic heterocycles. The van der Waals surface area contributed by atoms with Gasteiger partial charge in [0.15, 0.2) is 0 Å². The number of rotatable bonds is 9. The van der Waals surface area contributed by atoms with Crippen LogP contribution >= 0.6 is 19.1 Å². The Bertz CT molecular complexity index is 2020. The topological polar surface area (TPSA) is 166 Å². The van der Waals surface area contributed by atoms with Crippen LogP contribution in [0.1, 0.15) is 49.9 Å². The third-order valence-electron chi connectivity index (χ3n) is 5.88. The van der Waals surface area contributed by atoms with Crippen LogP contribution in [0.5, 0.6) is 23.0 Å². The van der Waals surface area contributed by atoms with Crippen molar-refractivity contribution in [2.75, 3.05) is 14.2 Å². The third-order valence-corrected chi connectivity index (χ3v) is 5.88. The molecular formula is C38H29Cl2F4N4O6Pd-. The van der Waals surface area contributed by atoms with E-state index in [1.807, 2.05) is 12.1 Å². The minimum absolute atomic E-state index is 0. The van der Waals surface area contributed by atoms with E-state index in [2.05, 4.69) is 27.9 Å². The van der Waals surface area contributed by atoms with E-state index in [4.69, 9.17) is 49.6 Å². The standard InChI is InChI=1S/C17H11F2NO4.C17H11F2NO2.C2H3N.CHN.CH3.2ClH.Pd/c1-23-14-7-4-11(8-12(14)9-20)16(22)15(21)10-2-5-13(6-3-10)24-17(18)19;1-21-16-9-6-13(10-14(16)11-20)3-2-12-4-7-15(8-5-12)22-17(18)19;1-2-3;1-2;;;;/h2-8,17H,1H3;4-10,17H,1H3;1H3;1H;1H3;2*1H;/q;;;;-1;;;+2/p-2. The van der Waals surface area contributed by atoms with Gasteiger partial charge in [-0.1, -0.05) is 11.8 Å². The number of carbonyl (C=O) groups excluding carboxylic acids is 2. The predicted molar refractivity (Wildman–Crippen MR) is 192 cm³/mol. The van der Waals surface area contributed by atoms with Crippen molar-refractivity contribution >= 4 is 30.6 Å². The molecule has 0 fully saturated rings. The van der Waals surface area contributed by atoms with Crippen molar-refractivity contribution in [3.05, 3.63) is 126 Å². The van der Waals surface area contributed by atoms with E-state index in [0.717, 1.165) is 0 Å². The molecule has 4 rings (SSSR count). The first-order valence-corrected chi connectivity index (χ1v) is 18.2. The summed E-state index contributed by atoms with van der Waals surface area (Å²) in [5.41, 5.74) is 1.88. The van der Waals surface area contributed by atoms with Crippen molar-refractivity contribution in [3.63, 3.8) is 0 Å². The molecule has 0 saturated heterocycles. The normalized spacial score (nSPS) is 8.84. The molecule has 10 nitrogen and oxygen atoms in total. The molecule has 4 aromatic carbocycles. The summed E-state index contributed by atoms with van der Waals surface area (Å²) in [6, 6.07) is 25.5. The van der Waals surface area contributed by atoms with Crippen molar-refractivity contribution in [2.24, 2.45) is 0 Å². The average molecular weight is 891 g/mol. The summed E-state index contributed by atoms with van der Waals surface area (Å²) >= 11 is -0.106. The van der Waals surface area contributed by atoms with Gasteiger partial charge in [-0.3, -0.25) is 9.59 Å². The van der Waals surface area contributed by atoms with Gasteiger partial charge in [-0.25, -0.2) is 5.26 Å². The van der Waals surface area contributed by atoms with Gasteiger partial charge in [-0.15, -0.1) is 0 Å². The van der Waals surface area contributed by atoms with Crippen LogP contribution in [-0.2, 0) is 15.9 Å². The molecule has 55 heavy (non-hydrogen) atoms. The van der Waals surface area contributed by atoms with Crippen molar-refractivity contribution in [2.45, 2.75) is 20.1 Å². The summed E-state index contributed by atoms with van der Waals surface area (Å²) in [4.78, 5) is 24.4. The van der Waals surface area contributed by atoms with Crippen LogP contribution in [0.15, 0.2) is 84.9 Å².